The van der Waals surface area contributed by atoms with E-state index < -0.39 is 0 Å². The molecule has 3 aromatic rings. The molecule has 0 amide bonds. The molecule has 1 aromatic heterocycles. The largest absolute Gasteiger partial charge is 0.298 e. The predicted octanol–water partition coefficient (Wildman–Crippen LogP) is 4.98. The molecule has 0 N–H and O–H groups in total. The molecule has 2 heterocycles. The molecule has 130 valence electrons. The van der Waals surface area contributed by atoms with Crippen LogP contribution < -0.4 is 0 Å². The fraction of sp³-hybridized carbons (Fsp3) is 0.182. The number of hydrogen-bond acceptors (Lipinski definition) is 3. The van der Waals surface area contributed by atoms with Gasteiger partial charge in [0.05, 0.1) is 11.4 Å². The highest BCUT2D eigenvalue weighted by Gasteiger charge is 2.16. The van der Waals surface area contributed by atoms with Crippen molar-refractivity contribution in [1.29, 1.82) is 0 Å². The van der Waals surface area contributed by atoms with Crippen LogP contribution in [0.25, 0.3) is 16.8 Å². The molecule has 0 atom stereocenters. The number of aryl methyl sites for hydroxylation is 1. The molecular weight excluding hydrogens is 342 g/mol. The Morgan fingerprint density at radius 3 is 2.42 bits per heavy atom. The van der Waals surface area contributed by atoms with Crippen molar-refractivity contribution in [3.05, 3.63) is 88.1 Å². The van der Waals surface area contributed by atoms with Crippen LogP contribution in [0.3, 0.4) is 0 Å². The van der Waals surface area contributed by atoms with Crippen LogP contribution in [0, 0.1) is 6.92 Å². The highest BCUT2D eigenvalue weighted by Crippen LogP contribution is 2.32. The molecule has 26 heavy (non-hydrogen) atoms. The first-order chi connectivity index (χ1) is 12.6. The lowest BCUT2D eigenvalue weighted by molar-refractivity contribution is 0.366. The van der Waals surface area contributed by atoms with E-state index in [2.05, 4.69) is 58.6 Å². The van der Waals surface area contributed by atoms with Gasteiger partial charge in [-0.2, -0.15) is 10.2 Å². The molecule has 1 aliphatic rings. The van der Waals surface area contributed by atoms with E-state index in [9.17, 15) is 0 Å². The van der Waals surface area contributed by atoms with E-state index in [1.165, 1.54) is 22.3 Å². The zero-order chi connectivity index (χ0) is 18.1. The zero-order valence-corrected chi connectivity index (χ0v) is 15.7. The zero-order valence-electron chi connectivity index (χ0n) is 14.9. The van der Waals surface area contributed by atoms with Crippen molar-refractivity contribution in [3.8, 4) is 11.3 Å². The maximum absolute atomic E-state index is 6.07. The molecule has 4 rings (SSSR count). The third kappa shape index (κ3) is 3.41. The summed E-state index contributed by atoms with van der Waals surface area (Å²) in [5.41, 5.74) is 7.93. The second-order valence-corrected chi connectivity index (χ2v) is 7.19. The first kappa shape index (κ1) is 17.0. The smallest absolute Gasteiger partial charge is 0.0929 e. The SMILES string of the molecule is Cc1ccc(-c2ccc3c(c2)CN(C)CC=C3c2ccc(Cl)cc2)nn1. The van der Waals surface area contributed by atoms with Crippen molar-refractivity contribution in [2.45, 2.75) is 13.5 Å². The van der Waals surface area contributed by atoms with Gasteiger partial charge in [-0.15, -0.1) is 0 Å². The summed E-state index contributed by atoms with van der Waals surface area (Å²) in [6.45, 7) is 3.76. The van der Waals surface area contributed by atoms with Crippen LogP contribution in [-0.4, -0.2) is 28.7 Å². The summed E-state index contributed by atoms with van der Waals surface area (Å²) in [5, 5.41) is 9.28. The predicted molar refractivity (Wildman–Crippen MR) is 107 cm³/mol. The van der Waals surface area contributed by atoms with E-state index in [4.69, 9.17) is 11.6 Å². The molecule has 4 heteroatoms. The fourth-order valence-corrected chi connectivity index (χ4v) is 3.44. The van der Waals surface area contributed by atoms with E-state index in [0.717, 1.165) is 35.1 Å². The van der Waals surface area contributed by atoms with Crippen LogP contribution in [0.4, 0.5) is 0 Å². The van der Waals surface area contributed by atoms with Crippen molar-refractivity contribution in [2.75, 3.05) is 13.6 Å². The lowest BCUT2D eigenvalue weighted by atomic mass is 9.92. The number of benzene rings is 2. The van der Waals surface area contributed by atoms with Gasteiger partial charge >= 0.3 is 0 Å². The van der Waals surface area contributed by atoms with Gasteiger partial charge in [-0.1, -0.05) is 41.9 Å². The van der Waals surface area contributed by atoms with Crippen molar-refractivity contribution in [1.82, 2.24) is 15.1 Å². The first-order valence-electron chi connectivity index (χ1n) is 8.69. The lowest BCUT2D eigenvalue weighted by Crippen LogP contribution is -2.16. The Morgan fingerprint density at radius 1 is 0.923 bits per heavy atom. The minimum Gasteiger partial charge on any atom is -0.298 e. The summed E-state index contributed by atoms with van der Waals surface area (Å²) in [4.78, 5) is 2.31. The maximum atomic E-state index is 6.07. The standard InChI is InChI=1S/C22H20ClN3/c1-15-3-10-22(25-24-15)17-6-9-20-18(13-17)14-26(2)12-11-21(20)16-4-7-19(23)8-5-16/h3-11,13H,12,14H2,1-2H3. The minimum atomic E-state index is 0.758. The van der Waals surface area contributed by atoms with Crippen molar-refractivity contribution < 1.29 is 0 Å². The van der Waals surface area contributed by atoms with Gasteiger partial charge in [0.2, 0.25) is 0 Å². The summed E-state index contributed by atoms with van der Waals surface area (Å²) in [6, 6.07) is 18.7. The van der Waals surface area contributed by atoms with Gasteiger partial charge in [-0.05, 0) is 66.6 Å². The molecule has 0 unspecified atom stereocenters. The molecule has 0 aliphatic carbocycles. The third-order valence-corrected chi connectivity index (χ3v) is 4.94. The summed E-state index contributed by atoms with van der Waals surface area (Å²) < 4.78 is 0. The maximum Gasteiger partial charge on any atom is 0.0929 e. The normalized spacial score (nSPS) is 14.5. The van der Waals surface area contributed by atoms with Crippen LogP contribution in [0.1, 0.15) is 22.4 Å². The Labute approximate surface area is 159 Å². The van der Waals surface area contributed by atoms with Gasteiger partial charge in [-0.25, -0.2) is 0 Å². The van der Waals surface area contributed by atoms with Crippen molar-refractivity contribution in [3.63, 3.8) is 0 Å². The highest BCUT2D eigenvalue weighted by atomic mass is 35.5. The quantitative estimate of drug-likeness (QED) is 0.644. The van der Waals surface area contributed by atoms with Crippen LogP contribution in [0.15, 0.2) is 60.7 Å². The van der Waals surface area contributed by atoms with Gasteiger partial charge in [0.1, 0.15) is 0 Å². The van der Waals surface area contributed by atoms with E-state index in [-0.39, 0.29) is 0 Å². The van der Waals surface area contributed by atoms with Crippen LogP contribution >= 0.6 is 11.6 Å². The summed E-state index contributed by atoms with van der Waals surface area (Å²) in [5.74, 6) is 0. The van der Waals surface area contributed by atoms with Crippen LogP contribution in [0.2, 0.25) is 5.02 Å². The number of aromatic nitrogens is 2. The van der Waals surface area contributed by atoms with Crippen molar-refractivity contribution in [2.24, 2.45) is 0 Å². The van der Waals surface area contributed by atoms with Gasteiger partial charge in [-0.3, -0.25) is 4.90 Å². The number of nitrogens with zero attached hydrogens (tertiary/aromatic N) is 3. The molecule has 0 fully saturated rings. The summed E-state index contributed by atoms with van der Waals surface area (Å²) >= 11 is 6.07. The topological polar surface area (TPSA) is 29.0 Å². The molecule has 2 aromatic carbocycles. The van der Waals surface area contributed by atoms with Crippen LogP contribution in [0.5, 0.6) is 0 Å². The monoisotopic (exact) mass is 361 g/mol. The second-order valence-electron chi connectivity index (χ2n) is 6.75. The van der Waals surface area contributed by atoms with Gasteiger partial charge in [0.15, 0.2) is 0 Å². The van der Waals surface area contributed by atoms with Gasteiger partial charge in [0.25, 0.3) is 0 Å². The van der Waals surface area contributed by atoms with E-state index in [0.29, 0.717) is 0 Å². The molecular formula is C22H20ClN3. The van der Waals surface area contributed by atoms with Gasteiger partial charge < -0.3 is 0 Å². The molecule has 3 nitrogen and oxygen atoms in total. The molecule has 1 aliphatic heterocycles. The number of fused-ring (bicyclic) bond motifs is 1. The Kier molecular flexibility index (Phi) is 4.58. The third-order valence-electron chi connectivity index (χ3n) is 4.69. The number of rotatable bonds is 2. The molecule has 0 saturated carbocycles. The molecule has 0 saturated heterocycles. The Hall–Kier alpha value is -2.49. The van der Waals surface area contributed by atoms with E-state index in [1.54, 1.807) is 0 Å². The number of hydrogen-bond donors (Lipinski definition) is 0. The fourth-order valence-electron chi connectivity index (χ4n) is 3.31. The average molecular weight is 362 g/mol. The summed E-state index contributed by atoms with van der Waals surface area (Å²) in [6.07, 6.45) is 2.29. The van der Waals surface area contributed by atoms with E-state index >= 15 is 0 Å². The highest BCUT2D eigenvalue weighted by molar-refractivity contribution is 6.30. The Balaban J connectivity index is 1.79. The number of halogens is 1. The van der Waals surface area contributed by atoms with Gasteiger partial charge in [0, 0.05) is 23.7 Å². The lowest BCUT2D eigenvalue weighted by Gasteiger charge is -2.15. The van der Waals surface area contributed by atoms with Crippen molar-refractivity contribution >= 4 is 17.2 Å². The molecule has 0 bridgehead atoms. The number of likely N-dealkylation sites (N-methyl/N-ethyl adjacent to an activating group) is 1. The van der Waals surface area contributed by atoms with Crippen LogP contribution in [-0.2, 0) is 6.54 Å². The first-order valence-corrected chi connectivity index (χ1v) is 9.06. The molecule has 0 spiro atoms. The Bertz CT molecular complexity index is 960. The average Bonchev–Trinajstić information content (AvgIpc) is 2.81. The van der Waals surface area contributed by atoms with E-state index in [1.807, 2.05) is 31.2 Å². The Morgan fingerprint density at radius 2 is 1.69 bits per heavy atom. The minimum absolute atomic E-state index is 0.758. The second kappa shape index (κ2) is 7.02. The summed E-state index contributed by atoms with van der Waals surface area (Å²) in [7, 11) is 2.14. The molecule has 0 radical (unpaired) electrons.